The molecule has 0 bridgehead atoms. The van der Waals surface area contributed by atoms with Gasteiger partial charge in [0.25, 0.3) is 0 Å². The van der Waals surface area contributed by atoms with Gasteiger partial charge in [-0.3, -0.25) is 4.79 Å². The molecule has 3 heterocycles. The normalized spacial score (nSPS) is 27.2. The smallest absolute Gasteiger partial charge is 0.220 e. The van der Waals surface area contributed by atoms with E-state index in [4.69, 9.17) is 28.4 Å². The number of hydrogen-bond donors (Lipinski definition) is 12. The van der Waals surface area contributed by atoms with Gasteiger partial charge in [0.15, 0.2) is 18.9 Å². The Bertz CT molecular complexity index is 2100. The highest BCUT2D eigenvalue weighted by Crippen LogP contribution is 2.33. The third-order valence-corrected chi connectivity index (χ3v) is 18.9. The van der Waals surface area contributed by atoms with Crippen molar-refractivity contribution in [1.82, 2.24) is 5.32 Å². The summed E-state index contributed by atoms with van der Waals surface area (Å²) in [6.07, 6.45) is 51.5. The van der Waals surface area contributed by atoms with Crippen molar-refractivity contribution in [1.29, 1.82) is 0 Å². The van der Waals surface area contributed by atoms with Gasteiger partial charge < -0.3 is 89.9 Å². The van der Waals surface area contributed by atoms with Crippen LogP contribution in [0.15, 0.2) is 85.1 Å². The second kappa shape index (κ2) is 59.4. The van der Waals surface area contributed by atoms with Crippen molar-refractivity contribution in [2.45, 2.75) is 381 Å². The molecule has 3 saturated heterocycles. The van der Waals surface area contributed by atoms with E-state index in [1.165, 1.54) is 173 Å². The van der Waals surface area contributed by atoms with Crippen LogP contribution < -0.4 is 5.32 Å². The molecule has 0 aliphatic carbocycles. The quantitative estimate of drug-likeness (QED) is 0.0199. The first kappa shape index (κ1) is 89.2. The highest BCUT2D eigenvalue weighted by Gasteiger charge is 2.53. The topological polar surface area (TPSA) is 307 Å². The second-order valence-electron chi connectivity index (χ2n) is 27.4. The molecule has 17 unspecified atom stereocenters. The summed E-state index contributed by atoms with van der Waals surface area (Å²) >= 11 is 0. The Hall–Kier alpha value is -3.03. The van der Waals surface area contributed by atoms with E-state index in [1.807, 2.05) is 6.08 Å². The van der Waals surface area contributed by atoms with Gasteiger partial charge in [-0.2, -0.15) is 0 Å². The summed E-state index contributed by atoms with van der Waals surface area (Å²) in [7, 11) is 0. The number of nitrogens with one attached hydrogen (secondary N) is 1. The molecule has 0 aromatic carbocycles. The van der Waals surface area contributed by atoms with Crippen LogP contribution in [0.2, 0.25) is 0 Å². The molecule has 0 spiro atoms. The van der Waals surface area contributed by atoms with Gasteiger partial charge in [-0.25, -0.2) is 0 Å². The average Bonchev–Trinajstić information content (AvgIpc) is 0.784. The lowest BCUT2D eigenvalue weighted by Crippen LogP contribution is -2.66. The second-order valence-corrected chi connectivity index (χ2v) is 27.4. The molecule has 3 rings (SSSR count). The predicted octanol–water partition coefficient (Wildman–Crippen LogP) is 12.2. The molecule has 0 aromatic heterocycles. The van der Waals surface area contributed by atoms with E-state index >= 15 is 0 Å². The summed E-state index contributed by atoms with van der Waals surface area (Å²) in [5.74, 6) is -0.318. The van der Waals surface area contributed by atoms with Crippen LogP contribution in [0.4, 0.5) is 0 Å². The molecule has 3 aliphatic rings. The van der Waals surface area contributed by atoms with Crippen molar-refractivity contribution in [2.75, 3.05) is 26.4 Å². The molecule has 568 valence electrons. The average molecular weight is 1390 g/mol. The van der Waals surface area contributed by atoms with E-state index in [0.717, 1.165) is 77.0 Å². The highest BCUT2D eigenvalue weighted by molar-refractivity contribution is 5.76. The number of aliphatic hydroxyl groups is 11. The number of amides is 1. The Morgan fingerprint density at radius 1 is 0.378 bits per heavy atom. The molecule has 19 heteroatoms. The molecule has 0 aromatic rings. The SMILES string of the molecule is CC/C=C\C/C=C\C/C=C\C/C=C\C/C=C\C/C=C\CCCCC(=O)NC(COC1OC(CO)C(OC2OC(CO)C(OC3OC(CO)C(O)C(O)C3O)C(O)C2O)C(O)C1O)C(O)/C=C/CCCCCCCCCCCCCCCCCCCCCCCCCCCCCCCC. The number of rotatable bonds is 60. The van der Waals surface area contributed by atoms with Gasteiger partial charge >= 0.3 is 0 Å². The number of hydrogen-bond acceptors (Lipinski definition) is 18. The first-order chi connectivity index (χ1) is 47.8. The molecule has 17 atom stereocenters. The van der Waals surface area contributed by atoms with Gasteiger partial charge in [-0.15, -0.1) is 0 Å². The minimum atomic E-state index is -1.99. The summed E-state index contributed by atoms with van der Waals surface area (Å²) in [5, 5.41) is 121. The summed E-state index contributed by atoms with van der Waals surface area (Å²) in [5.41, 5.74) is 0. The van der Waals surface area contributed by atoms with Crippen LogP contribution in [0.3, 0.4) is 0 Å². The van der Waals surface area contributed by atoms with Crippen LogP contribution in [0.25, 0.3) is 0 Å². The van der Waals surface area contributed by atoms with Crippen LogP contribution in [0, 0.1) is 0 Å². The van der Waals surface area contributed by atoms with Crippen LogP contribution in [-0.2, 0) is 33.2 Å². The van der Waals surface area contributed by atoms with Gasteiger partial charge in [0.2, 0.25) is 5.91 Å². The number of unbranched alkanes of at least 4 members (excludes halogenated alkanes) is 32. The van der Waals surface area contributed by atoms with Crippen molar-refractivity contribution in [2.24, 2.45) is 0 Å². The van der Waals surface area contributed by atoms with Crippen LogP contribution in [-0.4, -0.2) is 193 Å². The van der Waals surface area contributed by atoms with Gasteiger partial charge in [0.05, 0.1) is 38.6 Å². The van der Waals surface area contributed by atoms with Crippen molar-refractivity contribution < 1.29 is 89.4 Å². The van der Waals surface area contributed by atoms with Crippen LogP contribution in [0.5, 0.6) is 0 Å². The first-order valence-electron chi connectivity index (χ1n) is 38.8. The third kappa shape index (κ3) is 39.6. The van der Waals surface area contributed by atoms with E-state index in [-0.39, 0.29) is 18.9 Å². The molecule has 0 radical (unpaired) electrons. The van der Waals surface area contributed by atoms with E-state index in [1.54, 1.807) is 6.08 Å². The number of aliphatic hydroxyl groups excluding tert-OH is 11. The Kier molecular flexibility index (Phi) is 54.0. The Morgan fingerprint density at radius 2 is 0.704 bits per heavy atom. The summed E-state index contributed by atoms with van der Waals surface area (Å²) < 4.78 is 34.4. The number of carbonyl (C=O) groups is 1. The zero-order chi connectivity index (χ0) is 71.1. The Labute approximate surface area is 590 Å². The molecule has 0 saturated carbocycles. The van der Waals surface area contributed by atoms with Gasteiger partial charge in [-0.1, -0.05) is 285 Å². The fourth-order valence-electron chi connectivity index (χ4n) is 12.7. The summed E-state index contributed by atoms with van der Waals surface area (Å²) in [6, 6.07) is -1.00. The molecular weight excluding hydrogens is 1250 g/mol. The van der Waals surface area contributed by atoms with Crippen LogP contribution >= 0.6 is 0 Å². The lowest BCUT2D eigenvalue weighted by Gasteiger charge is -2.48. The van der Waals surface area contributed by atoms with E-state index in [9.17, 15) is 61.0 Å². The van der Waals surface area contributed by atoms with Crippen molar-refractivity contribution in [3.8, 4) is 0 Å². The maximum atomic E-state index is 13.4. The fraction of sp³-hybridized carbons (Fsp3) is 0.810. The van der Waals surface area contributed by atoms with Crippen molar-refractivity contribution >= 4 is 5.91 Å². The van der Waals surface area contributed by atoms with Gasteiger partial charge in [0, 0.05) is 6.42 Å². The minimum Gasteiger partial charge on any atom is -0.394 e. The highest BCUT2D eigenvalue weighted by atomic mass is 16.8. The third-order valence-electron chi connectivity index (χ3n) is 18.9. The van der Waals surface area contributed by atoms with Crippen molar-refractivity contribution in [3.05, 3.63) is 85.1 Å². The lowest BCUT2D eigenvalue weighted by atomic mass is 9.96. The van der Waals surface area contributed by atoms with E-state index in [0.29, 0.717) is 6.42 Å². The molecule has 3 aliphatic heterocycles. The Balaban J connectivity index is 1.40. The molecule has 19 nitrogen and oxygen atoms in total. The molecule has 12 N–H and O–H groups in total. The van der Waals surface area contributed by atoms with Crippen molar-refractivity contribution in [3.63, 3.8) is 0 Å². The molecule has 98 heavy (non-hydrogen) atoms. The predicted molar refractivity (Wildman–Crippen MR) is 388 cm³/mol. The monoisotopic (exact) mass is 1390 g/mol. The molecular formula is C79H139NO18. The molecule has 1 amide bonds. The first-order valence-corrected chi connectivity index (χ1v) is 38.8. The Morgan fingerprint density at radius 3 is 1.10 bits per heavy atom. The zero-order valence-electron chi connectivity index (χ0n) is 60.5. The summed E-state index contributed by atoms with van der Waals surface area (Å²) in [4.78, 5) is 13.4. The maximum absolute atomic E-state index is 13.4. The zero-order valence-corrected chi connectivity index (χ0v) is 60.5. The largest absolute Gasteiger partial charge is 0.394 e. The van der Waals surface area contributed by atoms with Crippen LogP contribution in [0.1, 0.15) is 277 Å². The fourth-order valence-corrected chi connectivity index (χ4v) is 12.7. The number of ether oxygens (including phenoxy) is 6. The van der Waals surface area contributed by atoms with E-state index in [2.05, 4.69) is 92.1 Å². The lowest BCUT2D eigenvalue weighted by molar-refractivity contribution is -0.379. The standard InChI is InChI=1S/C79H139NO18/c1-3-5-7-9-11-13-15-17-19-21-23-25-26-27-28-29-30-31-32-33-34-35-37-38-40-42-44-46-48-50-52-54-56-63(84)62(80-67(85)57-55-53-51-49-47-45-43-41-39-36-24-22-20-18-16-14-12-10-8-6-4-2)61-93-77-73(91)70(88)75(65(59-82)95-77)98-79-74(92)71(89)76(66(60-83)96-79)97-78-72(90)69(87)68(86)64(58-81)94-78/h6,8,12,14,18,20,24,36,41,43,47,49,54,56,62-66,68-79,81-84,86-92H,3-5,7,9-11,13,15-17,19,21-23,25-35,37-40,42,44-46,48,50-53,55,57-61H2,1-2H3,(H,80,85)/b8-6-,14-12-,20-18-,36-24-,43-41-,49-47-,56-54+. The number of carbonyl (C=O) groups excluding carboxylic acids is 1. The maximum Gasteiger partial charge on any atom is 0.220 e. The molecule has 3 fully saturated rings. The van der Waals surface area contributed by atoms with Gasteiger partial charge in [-0.05, 0) is 70.6 Å². The minimum absolute atomic E-state index is 0.184. The van der Waals surface area contributed by atoms with Gasteiger partial charge in [0.1, 0.15) is 73.2 Å². The number of allylic oxidation sites excluding steroid dienone is 13. The summed E-state index contributed by atoms with van der Waals surface area (Å²) in [6.45, 7) is 1.61. The van der Waals surface area contributed by atoms with E-state index < -0.39 is 124 Å².